The molecule has 27 heavy (non-hydrogen) atoms. The predicted octanol–water partition coefficient (Wildman–Crippen LogP) is 5.62. The third kappa shape index (κ3) is 4.92. The van der Waals surface area contributed by atoms with E-state index in [1.54, 1.807) is 5.01 Å². The minimum Gasteiger partial charge on any atom is -0.396 e. The van der Waals surface area contributed by atoms with Crippen molar-refractivity contribution in [1.82, 2.24) is 5.01 Å². The molecule has 0 amide bonds. The summed E-state index contributed by atoms with van der Waals surface area (Å²) in [4.78, 5) is 0. The van der Waals surface area contributed by atoms with Crippen molar-refractivity contribution in [3.05, 3.63) is 70.8 Å². The van der Waals surface area contributed by atoms with Crippen molar-refractivity contribution in [1.29, 1.82) is 0 Å². The zero-order valence-corrected chi connectivity index (χ0v) is 18.1. The summed E-state index contributed by atoms with van der Waals surface area (Å²) in [6, 6.07) is 16.9. The molecule has 1 aliphatic rings. The van der Waals surface area contributed by atoms with E-state index in [2.05, 4.69) is 50.2 Å². The van der Waals surface area contributed by atoms with Gasteiger partial charge in [0.2, 0.25) is 0 Å². The Hall–Kier alpha value is -2.26. The summed E-state index contributed by atoms with van der Waals surface area (Å²) in [6.45, 7) is 12.6. The molecule has 0 aliphatic heterocycles. The molecule has 2 aromatic rings. The first-order chi connectivity index (χ1) is 13.0. The van der Waals surface area contributed by atoms with Gasteiger partial charge in [0.05, 0.1) is 11.4 Å². The Morgan fingerprint density at radius 3 is 1.96 bits per heavy atom. The fourth-order valence-corrected chi connectivity index (χ4v) is 3.59. The molecule has 0 radical (unpaired) electrons. The SMILES string of the molecule is CC.CC.CC(C)C1Cc2ccccc2/C(N(C)N)=C(/N)c2ccccc21. The molecule has 3 heteroatoms. The summed E-state index contributed by atoms with van der Waals surface area (Å²) in [6.07, 6.45) is 0.996. The number of fused-ring (bicyclic) bond motifs is 2. The van der Waals surface area contributed by atoms with Crippen LogP contribution in [0.2, 0.25) is 0 Å². The quantitative estimate of drug-likeness (QED) is 0.534. The van der Waals surface area contributed by atoms with Crippen LogP contribution in [0.5, 0.6) is 0 Å². The highest BCUT2D eigenvalue weighted by Gasteiger charge is 2.26. The first-order valence-corrected chi connectivity index (χ1v) is 10.2. The molecule has 0 aromatic heterocycles. The second-order valence-electron chi connectivity index (χ2n) is 6.67. The van der Waals surface area contributed by atoms with Crippen LogP contribution in [0.1, 0.15) is 69.7 Å². The Morgan fingerprint density at radius 2 is 1.41 bits per heavy atom. The molecule has 3 rings (SSSR count). The second kappa shape index (κ2) is 10.8. The number of hydrogen-bond donors (Lipinski definition) is 2. The first-order valence-electron chi connectivity index (χ1n) is 10.2. The number of hydrazine groups is 1. The first kappa shape index (κ1) is 22.8. The maximum Gasteiger partial charge on any atom is 0.0825 e. The summed E-state index contributed by atoms with van der Waals surface area (Å²) < 4.78 is 0. The Bertz CT molecular complexity index is 745. The zero-order valence-electron chi connectivity index (χ0n) is 18.1. The highest BCUT2D eigenvalue weighted by molar-refractivity contribution is 5.90. The Kier molecular flexibility index (Phi) is 9.10. The van der Waals surface area contributed by atoms with Crippen LogP contribution in [0.15, 0.2) is 48.5 Å². The van der Waals surface area contributed by atoms with Gasteiger partial charge in [-0.3, -0.25) is 0 Å². The highest BCUT2D eigenvalue weighted by atomic mass is 15.4. The molecule has 4 N–H and O–H groups in total. The number of rotatable bonds is 2. The lowest BCUT2D eigenvalue weighted by molar-refractivity contribution is 0.486. The average Bonchev–Trinajstić information content (AvgIpc) is 2.69. The van der Waals surface area contributed by atoms with Gasteiger partial charge in [-0.15, -0.1) is 0 Å². The lowest BCUT2D eigenvalue weighted by Gasteiger charge is -2.31. The van der Waals surface area contributed by atoms with E-state index < -0.39 is 0 Å². The van der Waals surface area contributed by atoms with Gasteiger partial charge in [-0.2, -0.15) is 0 Å². The molecule has 0 heterocycles. The van der Waals surface area contributed by atoms with Crippen LogP contribution in [0.4, 0.5) is 0 Å². The van der Waals surface area contributed by atoms with Crippen molar-refractivity contribution in [3.8, 4) is 0 Å². The fraction of sp³-hybridized carbons (Fsp3) is 0.417. The Morgan fingerprint density at radius 1 is 0.889 bits per heavy atom. The molecule has 2 aromatic carbocycles. The standard InChI is InChI=1S/C20H25N3.2C2H6/c1-13(2)18-12-14-8-4-5-9-15(14)20(23(3)22)19(21)17-11-7-6-10-16(17)18;2*1-2/h4-11,13,18H,12,21-22H2,1-3H3;2*1-2H3/b20-19-;;. The van der Waals surface area contributed by atoms with Crippen molar-refractivity contribution in [2.45, 2.75) is 53.9 Å². The summed E-state index contributed by atoms with van der Waals surface area (Å²) in [5.74, 6) is 7.12. The molecular formula is C24H37N3. The molecule has 3 nitrogen and oxygen atoms in total. The minimum absolute atomic E-state index is 0.440. The predicted molar refractivity (Wildman–Crippen MR) is 120 cm³/mol. The lowest BCUT2D eigenvalue weighted by Crippen LogP contribution is -2.29. The van der Waals surface area contributed by atoms with Crippen LogP contribution in [0.25, 0.3) is 11.4 Å². The van der Waals surface area contributed by atoms with Crippen molar-refractivity contribution in [3.63, 3.8) is 0 Å². The molecule has 0 saturated carbocycles. The topological polar surface area (TPSA) is 55.3 Å². The van der Waals surface area contributed by atoms with E-state index in [0.717, 1.165) is 28.9 Å². The third-order valence-electron chi connectivity index (χ3n) is 4.78. The monoisotopic (exact) mass is 367 g/mol. The Balaban J connectivity index is 0.000000855. The number of hydrogen-bond acceptors (Lipinski definition) is 3. The van der Waals surface area contributed by atoms with Crippen molar-refractivity contribution in [2.75, 3.05) is 7.05 Å². The summed E-state index contributed by atoms with van der Waals surface area (Å²) in [5.41, 5.74) is 13.1. The van der Waals surface area contributed by atoms with E-state index in [1.807, 2.05) is 46.9 Å². The van der Waals surface area contributed by atoms with Crippen LogP contribution in [0.3, 0.4) is 0 Å². The maximum atomic E-state index is 6.60. The summed E-state index contributed by atoms with van der Waals surface area (Å²) in [7, 11) is 1.85. The molecule has 1 unspecified atom stereocenters. The van der Waals surface area contributed by atoms with Gasteiger partial charge in [-0.05, 0) is 29.4 Å². The average molecular weight is 368 g/mol. The number of nitrogens with zero attached hydrogens (tertiary/aromatic N) is 1. The number of benzene rings is 2. The maximum absolute atomic E-state index is 6.60. The molecule has 1 aliphatic carbocycles. The van der Waals surface area contributed by atoms with Crippen LogP contribution in [-0.4, -0.2) is 12.1 Å². The van der Waals surface area contributed by atoms with Gasteiger partial charge in [0.15, 0.2) is 0 Å². The van der Waals surface area contributed by atoms with Crippen LogP contribution in [0, 0.1) is 5.92 Å². The smallest absolute Gasteiger partial charge is 0.0825 e. The summed E-state index contributed by atoms with van der Waals surface area (Å²) in [5, 5.41) is 1.64. The summed E-state index contributed by atoms with van der Waals surface area (Å²) >= 11 is 0. The highest BCUT2D eigenvalue weighted by Crippen LogP contribution is 2.39. The van der Waals surface area contributed by atoms with E-state index in [0.29, 0.717) is 11.8 Å². The van der Waals surface area contributed by atoms with Crippen molar-refractivity contribution < 1.29 is 0 Å². The number of nitrogens with two attached hydrogens (primary N) is 2. The molecule has 0 fully saturated rings. The van der Waals surface area contributed by atoms with E-state index in [1.165, 1.54) is 11.1 Å². The van der Waals surface area contributed by atoms with Gasteiger partial charge in [0.25, 0.3) is 0 Å². The normalized spacial score (nSPS) is 17.9. The molecule has 0 spiro atoms. The molecular weight excluding hydrogens is 330 g/mol. The van der Waals surface area contributed by atoms with Gasteiger partial charge in [0, 0.05) is 18.2 Å². The zero-order chi connectivity index (χ0) is 20.6. The van der Waals surface area contributed by atoms with Gasteiger partial charge in [-0.1, -0.05) is 90.1 Å². The van der Waals surface area contributed by atoms with Gasteiger partial charge < -0.3 is 10.7 Å². The van der Waals surface area contributed by atoms with Crippen LogP contribution < -0.4 is 11.6 Å². The molecule has 0 bridgehead atoms. The van der Waals surface area contributed by atoms with Gasteiger partial charge in [0.1, 0.15) is 0 Å². The second-order valence-corrected chi connectivity index (χ2v) is 6.67. The Labute approximate surface area is 166 Å². The molecule has 148 valence electrons. The van der Waals surface area contributed by atoms with Crippen LogP contribution in [-0.2, 0) is 6.42 Å². The van der Waals surface area contributed by atoms with Gasteiger partial charge in [-0.25, -0.2) is 5.84 Å². The fourth-order valence-electron chi connectivity index (χ4n) is 3.59. The third-order valence-corrected chi connectivity index (χ3v) is 4.78. The van der Waals surface area contributed by atoms with Crippen LogP contribution >= 0.6 is 0 Å². The van der Waals surface area contributed by atoms with E-state index in [-0.39, 0.29) is 0 Å². The van der Waals surface area contributed by atoms with E-state index >= 15 is 0 Å². The largest absolute Gasteiger partial charge is 0.396 e. The van der Waals surface area contributed by atoms with E-state index in [4.69, 9.17) is 11.6 Å². The lowest BCUT2D eigenvalue weighted by atomic mass is 9.77. The molecule has 0 saturated heterocycles. The van der Waals surface area contributed by atoms with Gasteiger partial charge >= 0.3 is 0 Å². The molecule has 1 atom stereocenters. The minimum atomic E-state index is 0.440. The van der Waals surface area contributed by atoms with Crippen molar-refractivity contribution >= 4 is 11.4 Å². The van der Waals surface area contributed by atoms with E-state index in [9.17, 15) is 0 Å². The van der Waals surface area contributed by atoms with Crippen molar-refractivity contribution in [2.24, 2.45) is 17.5 Å².